The molecule has 0 saturated carbocycles. The lowest BCUT2D eigenvalue weighted by atomic mass is 9.87. The molecule has 0 heterocycles. The fraction of sp³-hybridized carbons (Fsp3) is 0.429. The van der Waals surface area contributed by atoms with Gasteiger partial charge in [0.15, 0.2) is 0 Å². The van der Waals surface area contributed by atoms with Gasteiger partial charge in [-0.15, -0.1) is 0 Å². The molecule has 0 unspecified atom stereocenters. The van der Waals surface area contributed by atoms with E-state index < -0.39 is 0 Å². The van der Waals surface area contributed by atoms with Crippen LogP contribution in [0.25, 0.3) is 0 Å². The summed E-state index contributed by atoms with van der Waals surface area (Å²) in [7, 11) is 0. The fourth-order valence-corrected chi connectivity index (χ4v) is 2.30. The Morgan fingerprint density at radius 2 is 1.33 bits per heavy atom. The number of benzene rings is 2. The highest BCUT2D eigenvalue weighted by Crippen LogP contribution is 2.24. The van der Waals surface area contributed by atoms with Crippen LogP contribution >= 0.6 is 0 Å². The molecule has 0 amide bonds. The van der Waals surface area contributed by atoms with Crippen molar-refractivity contribution in [2.45, 2.75) is 39.5 Å². The molecule has 0 aliphatic rings. The Kier molecular flexibility index (Phi) is 6.53. The van der Waals surface area contributed by atoms with Crippen LogP contribution in [0.15, 0.2) is 48.5 Å². The van der Waals surface area contributed by atoms with Crippen LogP contribution in [0.5, 0.6) is 11.5 Å². The van der Waals surface area contributed by atoms with Crippen molar-refractivity contribution >= 4 is 5.69 Å². The Bertz CT molecular complexity index is 597. The predicted molar refractivity (Wildman–Crippen MR) is 101 cm³/mol. The second-order valence-electron chi connectivity index (χ2n) is 6.92. The van der Waals surface area contributed by atoms with Crippen molar-refractivity contribution in [3.63, 3.8) is 0 Å². The van der Waals surface area contributed by atoms with Crippen LogP contribution in [0.4, 0.5) is 5.69 Å². The lowest BCUT2D eigenvalue weighted by Crippen LogP contribution is -2.12. The Morgan fingerprint density at radius 1 is 0.792 bits per heavy atom. The summed E-state index contributed by atoms with van der Waals surface area (Å²) in [6.45, 7) is 10.9. The molecule has 0 fully saturated rings. The summed E-state index contributed by atoms with van der Waals surface area (Å²) >= 11 is 0. The number of ether oxygens (including phenoxy) is 2. The lowest BCUT2D eigenvalue weighted by Gasteiger charge is -2.19. The monoisotopic (exact) mass is 327 g/mol. The zero-order valence-corrected chi connectivity index (χ0v) is 15.3. The lowest BCUT2D eigenvalue weighted by molar-refractivity contribution is 0.317. The van der Waals surface area contributed by atoms with Crippen molar-refractivity contribution in [1.82, 2.24) is 0 Å². The molecule has 0 radical (unpaired) electrons. The molecular weight excluding hydrogens is 298 g/mol. The van der Waals surface area contributed by atoms with Gasteiger partial charge in [-0.3, -0.25) is 0 Å². The summed E-state index contributed by atoms with van der Waals surface area (Å²) in [5, 5.41) is 3.35. The van der Waals surface area contributed by atoms with Gasteiger partial charge in [0, 0.05) is 12.2 Å². The third kappa shape index (κ3) is 5.80. The Balaban J connectivity index is 1.72. The van der Waals surface area contributed by atoms with E-state index in [9.17, 15) is 0 Å². The normalized spacial score (nSPS) is 11.2. The van der Waals surface area contributed by atoms with Gasteiger partial charge in [0.2, 0.25) is 0 Å². The van der Waals surface area contributed by atoms with Gasteiger partial charge in [0.1, 0.15) is 18.1 Å². The smallest absolute Gasteiger partial charge is 0.119 e. The summed E-state index contributed by atoms with van der Waals surface area (Å²) in [4.78, 5) is 0. The molecule has 1 N–H and O–H groups in total. The Hall–Kier alpha value is -2.16. The van der Waals surface area contributed by atoms with Crippen molar-refractivity contribution in [2.75, 3.05) is 25.1 Å². The first kappa shape index (κ1) is 18.2. The van der Waals surface area contributed by atoms with E-state index in [2.05, 4.69) is 45.1 Å². The van der Waals surface area contributed by atoms with Crippen LogP contribution in [0.2, 0.25) is 0 Å². The minimum absolute atomic E-state index is 0.174. The summed E-state index contributed by atoms with van der Waals surface area (Å²) < 4.78 is 11.4. The molecule has 0 atom stereocenters. The molecule has 3 nitrogen and oxygen atoms in total. The van der Waals surface area contributed by atoms with E-state index in [-0.39, 0.29) is 5.41 Å². The van der Waals surface area contributed by atoms with Crippen molar-refractivity contribution in [1.29, 1.82) is 0 Å². The maximum Gasteiger partial charge on any atom is 0.119 e. The molecule has 0 aliphatic heterocycles. The van der Waals surface area contributed by atoms with Crippen LogP contribution in [-0.4, -0.2) is 19.8 Å². The summed E-state index contributed by atoms with van der Waals surface area (Å²) in [5.41, 5.74) is 2.57. The van der Waals surface area contributed by atoms with Gasteiger partial charge in [-0.1, -0.05) is 39.8 Å². The maximum atomic E-state index is 5.79. The molecule has 0 bridgehead atoms. The van der Waals surface area contributed by atoms with Crippen molar-refractivity contribution in [3.05, 3.63) is 54.1 Å². The topological polar surface area (TPSA) is 30.5 Å². The van der Waals surface area contributed by atoms with Gasteiger partial charge in [-0.25, -0.2) is 0 Å². The zero-order valence-electron chi connectivity index (χ0n) is 15.3. The maximum absolute atomic E-state index is 5.79. The SMILES string of the molecule is CCCOc1ccc(NCCOc2ccc(C(C)(C)C)cc2)cc1. The predicted octanol–water partition coefficient (Wildman–Crippen LogP) is 5.26. The average Bonchev–Trinajstić information content (AvgIpc) is 2.57. The third-order valence-corrected chi connectivity index (χ3v) is 3.75. The zero-order chi connectivity index (χ0) is 17.4. The van der Waals surface area contributed by atoms with Gasteiger partial charge in [-0.05, 0) is 53.8 Å². The average molecular weight is 327 g/mol. The van der Waals surface area contributed by atoms with E-state index in [0.29, 0.717) is 6.61 Å². The molecule has 2 aromatic carbocycles. The highest BCUT2D eigenvalue weighted by atomic mass is 16.5. The molecule has 2 aromatic rings. The third-order valence-electron chi connectivity index (χ3n) is 3.75. The van der Waals surface area contributed by atoms with Crippen molar-refractivity contribution < 1.29 is 9.47 Å². The van der Waals surface area contributed by atoms with E-state index >= 15 is 0 Å². The minimum Gasteiger partial charge on any atom is -0.494 e. The number of anilines is 1. The van der Waals surface area contributed by atoms with Crippen LogP contribution in [0.1, 0.15) is 39.7 Å². The van der Waals surface area contributed by atoms with Gasteiger partial charge in [0.05, 0.1) is 6.61 Å². The van der Waals surface area contributed by atoms with Crippen LogP contribution in [0, 0.1) is 0 Å². The molecule has 24 heavy (non-hydrogen) atoms. The van der Waals surface area contributed by atoms with Crippen LogP contribution < -0.4 is 14.8 Å². The first-order valence-corrected chi connectivity index (χ1v) is 8.69. The van der Waals surface area contributed by atoms with E-state index in [1.165, 1.54) is 5.56 Å². The second-order valence-corrected chi connectivity index (χ2v) is 6.92. The molecular formula is C21H29NO2. The van der Waals surface area contributed by atoms with E-state index in [4.69, 9.17) is 9.47 Å². The van der Waals surface area contributed by atoms with Gasteiger partial charge >= 0.3 is 0 Å². The van der Waals surface area contributed by atoms with E-state index in [1.807, 2.05) is 36.4 Å². The second kappa shape index (κ2) is 8.62. The first-order chi connectivity index (χ1) is 11.5. The van der Waals surface area contributed by atoms with Crippen molar-refractivity contribution in [3.8, 4) is 11.5 Å². The number of hydrogen-bond acceptors (Lipinski definition) is 3. The standard InChI is InChI=1S/C21H29NO2/c1-5-15-23-20-12-8-18(9-13-20)22-14-16-24-19-10-6-17(7-11-19)21(2,3)4/h6-13,22H,5,14-16H2,1-4H3. The minimum atomic E-state index is 0.174. The van der Waals surface area contributed by atoms with Crippen LogP contribution in [0.3, 0.4) is 0 Å². The molecule has 0 saturated heterocycles. The van der Waals surface area contributed by atoms with Crippen LogP contribution in [-0.2, 0) is 5.41 Å². The van der Waals surface area contributed by atoms with E-state index in [1.54, 1.807) is 0 Å². The summed E-state index contributed by atoms with van der Waals surface area (Å²) in [6, 6.07) is 16.4. The molecule has 0 spiro atoms. The van der Waals surface area contributed by atoms with Gasteiger partial charge in [-0.2, -0.15) is 0 Å². The molecule has 3 heteroatoms. The van der Waals surface area contributed by atoms with Gasteiger partial charge < -0.3 is 14.8 Å². The number of rotatable bonds is 8. The first-order valence-electron chi connectivity index (χ1n) is 8.69. The van der Waals surface area contributed by atoms with Gasteiger partial charge in [0.25, 0.3) is 0 Å². The largest absolute Gasteiger partial charge is 0.494 e. The Morgan fingerprint density at radius 3 is 1.88 bits per heavy atom. The fourth-order valence-electron chi connectivity index (χ4n) is 2.30. The number of nitrogens with one attached hydrogen (secondary N) is 1. The highest BCUT2D eigenvalue weighted by molar-refractivity contribution is 5.46. The van der Waals surface area contributed by atoms with E-state index in [0.717, 1.165) is 36.8 Å². The Labute approximate surface area is 146 Å². The molecule has 0 aromatic heterocycles. The number of hydrogen-bond donors (Lipinski definition) is 1. The summed E-state index contributed by atoms with van der Waals surface area (Å²) in [5.74, 6) is 1.82. The quantitative estimate of drug-likeness (QED) is 0.671. The molecule has 2 rings (SSSR count). The summed E-state index contributed by atoms with van der Waals surface area (Å²) in [6.07, 6.45) is 1.02. The highest BCUT2D eigenvalue weighted by Gasteiger charge is 2.12. The molecule has 130 valence electrons. The molecule has 0 aliphatic carbocycles. The van der Waals surface area contributed by atoms with Crippen molar-refractivity contribution in [2.24, 2.45) is 0 Å².